The molecule has 3 aromatic rings. The minimum atomic E-state index is 0.587. The van der Waals surface area contributed by atoms with E-state index in [1.807, 2.05) is 24.4 Å². The fraction of sp³-hybridized carbons (Fsp3) is 0.440. The first-order chi connectivity index (χ1) is 15.8. The first-order valence-corrected chi connectivity index (χ1v) is 11.4. The Balaban J connectivity index is 1.13. The smallest absolute Gasteiger partial charge is 0.184 e. The van der Waals surface area contributed by atoms with Crippen molar-refractivity contribution in [2.75, 3.05) is 44.9 Å². The van der Waals surface area contributed by atoms with Gasteiger partial charge in [-0.3, -0.25) is 9.97 Å². The molecule has 0 saturated carbocycles. The molecule has 4 heterocycles. The standard InChI is InChI=1S/C25H30N4O3/c1-30-19-2-3-21-20(16-19)23(5-10-27-21)29-12-7-18(8-13-29)4-9-26-17-22-25-24(6-11-28-22)31-14-15-32-25/h2-3,5-6,10-11,16,18,26H,4,7-9,12-15,17H2,1H3. The average molecular weight is 435 g/mol. The van der Waals surface area contributed by atoms with Crippen molar-refractivity contribution in [1.82, 2.24) is 15.3 Å². The van der Waals surface area contributed by atoms with Gasteiger partial charge in [-0.15, -0.1) is 0 Å². The van der Waals surface area contributed by atoms with Crippen LogP contribution in [0.3, 0.4) is 0 Å². The number of rotatable bonds is 7. The number of methoxy groups -OCH3 is 1. The number of pyridine rings is 2. The Bertz CT molecular complexity index is 1070. The molecule has 1 saturated heterocycles. The van der Waals surface area contributed by atoms with E-state index in [9.17, 15) is 0 Å². The van der Waals surface area contributed by atoms with E-state index in [4.69, 9.17) is 14.2 Å². The fourth-order valence-corrected chi connectivity index (χ4v) is 4.65. The molecule has 1 N–H and O–H groups in total. The summed E-state index contributed by atoms with van der Waals surface area (Å²) in [5.41, 5.74) is 3.20. The zero-order valence-electron chi connectivity index (χ0n) is 18.5. The van der Waals surface area contributed by atoms with Gasteiger partial charge in [-0.1, -0.05) is 0 Å². The lowest BCUT2D eigenvalue weighted by Crippen LogP contribution is -2.34. The van der Waals surface area contributed by atoms with Crippen LogP contribution in [0.5, 0.6) is 17.2 Å². The molecular weight excluding hydrogens is 404 g/mol. The van der Waals surface area contributed by atoms with Gasteiger partial charge in [0.05, 0.1) is 18.3 Å². The predicted molar refractivity (Wildman–Crippen MR) is 125 cm³/mol. The highest BCUT2D eigenvalue weighted by Crippen LogP contribution is 2.33. The normalized spacial score (nSPS) is 16.3. The largest absolute Gasteiger partial charge is 0.497 e. The minimum absolute atomic E-state index is 0.587. The van der Waals surface area contributed by atoms with Crippen molar-refractivity contribution in [3.05, 3.63) is 48.4 Å². The summed E-state index contributed by atoms with van der Waals surface area (Å²) in [6.45, 7) is 5.01. The van der Waals surface area contributed by atoms with Gasteiger partial charge in [-0.25, -0.2) is 0 Å². The molecule has 168 valence electrons. The molecule has 7 heteroatoms. The van der Waals surface area contributed by atoms with Gasteiger partial charge in [0.25, 0.3) is 0 Å². The van der Waals surface area contributed by atoms with Crippen LogP contribution in [0.1, 0.15) is 25.0 Å². The van der Waals surface area contributed by atoms with Gasteiger partial charge in [0.15, 0.2) is 11.5 Å². The molecular formula is C25H30N4O3. The van der Waals surface area contributed by atoms with Crippen LogP contribution in [0.2, 0.25) is 0 Å². The van der Waals surface area contributed by atoms with Crippen molar-refractivity contribution in [2.45, 2.75) is 25.8 Å². The number of hydrogen-bond acceptors (Lipinski definition) is 7. The van der Waals surface area contributed by atoms with Crippen LogP contribution >= 0.6 is 0 Å². The minimum Gasteiger partial charge on any atom is -0.497 e. The lowest BCUT2D eigenvalue weighted by molar-refractivity contribution is 0.168. The molecule has 5 rings (SSSR count). The van der Waals surface area contributed by atoms with Crippen LogP contribution in [0, 0.1) is 5.92 Å². The Hall–Kier alpha value is -3.06. The van der Waals surface area contributed by atoms with Crippen LogP contribution < -0.4 is 24.4 Å². The number of benzene rings is 1. The summed E-state index contributed by atoms with van der Waals surface area (Å²) >= 11 is 0. The molecule has 0 amide bonds. The Labute approximate surface area is 188 Å². The molecule has 32 heavy (non-hydrogen) atoms. The topological polar surface area (TPSA) is 68.7 Å². The van der Waals surface area contributed by atoms with Gasteiger partial charge in [-0.05, 0) is 56.0 Å². The molecule has 0 aliphatic carbocycles. The predicted octanol–water partition coefficient (Wildman–Crippen LogP) is 3.81. The SMILES string of the molecule is COc1ccc2nccc(N3CCC(CCNCc4nccc5c4OCCO5)CC3)c2c1. The first-order valence-electron chi connectivity index (χ1n) is 11.4. The van der Waals surface area contributed by atoms with E-state index in [1.54, 1.807) is 13.3 Å². The third-order valence-electron chi connectivity index (χ3n) is 6.43. The molecule has 7 nitrogen and oxygen atoms in total. The van der Waals surface area contributed by atoms with Crippen LogP contribution in [-0.2, 0) is 6.54 Å². The van der Waals surface area contributed by atoms with Crippen molar-refractivity contribution in [3.63, 3.8) is 0 Å². The number of aromatic nitrogens is 2. The summed E-state index contributed by atoms with van der Waals surface area (Å²) in [6.07, 6.45) is 7.27. The number of hydrogen-bond donors (Lipinski definition) is 1. The van der Waals surface area contributed by atoms with Gasteiger partial charge in [0.1, 0.15) is 19.0 Å². The van der Waals surface area contributed by atoms with Gasteiger partial charge in [0.2, 0.25) is 0 Å². The number of nitrogens with zero attached hydrogens (tertiary/aromatic N) is 3. The number of anilines is 1. The highest BCUT2D eigenvalue weighted by atomic mass is 16.6. The highest BCUT2D eigenvalue weighted by molar-refractivity contribution is 5.92. The maximum Gasteiger partial charge on any atom is 0.184 e. The maximum atomic E-state index is 5.76. The second-order valence-corrected chi connectivity index (χ2v) is 8.39. The third-order valence-corrected chi connectivity index (χ3v) is 6.43. The van der Waals surface area contributed by atoms with Gasteiger partial charge in [0, 0.05) is 49.2 Å². The van der Waals surface area contributed by atoms with Crippen molar-refractivity contribution in [2.24, 2.45) is 5.92 Å². The quantitative estimate of drug-likeness (QED) is 0.567. The van der Waals surface area contributed by atoms with E-state index in [-0.39, 0.29) is 0 Å². The molecule has 0 unspecified atom stereocenters. The molecule has 0 spiro atoms. The van der Waals surface area contributed by atoms with E-state index in [2.05, 4.69) is 32.3 Å². The van der Waals surface area contributed by atoms with E-state index in [0.29, 0.717) is 19.8 Å². The summed E-state index contributed by atoms with van der Waals surface area (Å²) in [5.74, 6) is 3.20. The van der Waals surface area contributed by atoms with E-state index >= 15 is 0 Å². The highest BCUT2D eigenvalue weighted by Gasteiger charge is 2.21. The summed E-state index contributed by atoms with van der Waals surface area (Å²) in [7, 11) is 1.71. The fourth-order valence-electron chi connectivity index (χ4n) is 4.65. The van der Waals surface area contributed by atoms with Gasteiger partial charge in [-0.2, -0.15) is 0 Å². The average Bonchev–Trinajstić information content (AvgIpc) is 2.86. The zero-order chi connectivity index (χ0) is 21.8. The summed E-state index contributed by atoms with van der Waals surface area (Å²) in [6, 6.07) is 10.1. The Morgan fingerprint density at radius 2 is 1.91 bits per heavy atom. The second kappa shape index (κ2) is 9.61. The maximum absolute atomic E-state index is 5.76. The third kappa shape index (κ3) is 4.43. The van der Waals surface area contributed by atoms with E-state index in [1.165, 1.54) is 24.9 Å². The van der Waals surface area contributed by atoms with Crippen LogP contribution in [0.4, 0.5) is 5.69 Å². The Morgan fingerprint density at radius 3 is 2.78 bits per heavy atom. The number of fused-ring (bicyclic) bond motifs is 2. The van der Waals surface area contributed by atoms with E-state index < -0.39 is 0 Å². The Morgan fingerprint density at radius 1 is 1.06 bits per heavy atom. The van der Waals surface area contributed by atoms with Crippen molar-refractivity contribution >= 4 is 16.6 Å². The lowest BCUT2D eigenvalue weighted by Gasteiger charge is -2.34. The second-order valence-electron chi connectivity index (χ2n) is 8.39. The van der Waals surface area contributed by atoms with Gasteiger partial charge >= 0.3 is 0 Å². The molecule has 2 aliphatic heterocycles. The van der Waals surface area contributed by atoms with Crippen LogP contribution in [0.25, 0.3) is 10.9 Å². The molecule has 0 bridgehead atoms. The summed E-state index contributed by atoms with van der Waals surface area (Å²) < 4.78 is 16.8. The van der Waals surface area contributed by atoms with E-state index in [0.717, 1.165) is 59.4 Å². The zero-order valence-corrected chi connectivity index (χ0v) is 18.5. The first kappa shape index (κ1) is 20.8. The Kier molecular flexibility index (Phi) is 6.25. The monoisotopic (exact) mass is 434 g/mol. The number of nitrogens with one attached hydrogen (secondary N) is 1. The summed E-state index contributed by atoms with van der Waals surface area (Å²) in [4.78, 5) is 11.5. The summed E-state index contributed by atoms with van der Waals surface area (Å²) in [5, 5.41) is 4.71. The molecule has 1 aromatic carbocycles. The lowest BCUT2D eigenvalue weighted by atomic mass is 9.93. The molecule has 2 aliphatic rings. The molecule has 2 aromatic heterocycles. The number of piperidine rings is 1. The van der Waals surface area contributed by atoms with Crippen molar-refractivity contribution in [3.8, 4) is 17.2 Å². The van der Waals surface area contributed by atoms with Crippen molar-refractivity contribution < 1.29 is 14.2 Å². The van der Waals surface area contributed by atoms with Crippen molar-refractivity contribution in [1.29, 1.82) is 0 Å². The number of ether oxygens (including phenoxy) is 3. The van der Waals surface area contributed by atoms with Crippen LogP contribution in [-0.4, -0.2) is 49.9 Å². The molecule has 1 fully saturated rings. The molecule has 0 radical (unpaired) electrons. The van der Waals surface area contributed by atoms with Gasteiger partial charge < -0.3 is 24.4 Å². The molecule has 0 atom stereocenters. The van der Waals surface area contributed by atoms with Crippen LogP contribution in [0.15, 0.2) is 42.7 Å².